The summed E-state index contributed by atoms with van der Waals surface area (Å²) in [6.45, 7) is 2.66. The maximum atomic E-state index is 9.18. The average Bonchev–Trinajstić information content (AvgIpc) is 2.86. The Kier molecular flexibility index (Phi) is 8.85. The van der Waals surface area contributed by atoms with Gasteiger partial charge in [0.15, 0.2) is 0 Å². The van der Waals surface area contributed by atoms with E-state index in [1.165, 1.54) is 93.7 Å². The largest absolute Gasteiger partial charge is 0.396 e. The lowest BCUT2D eigenvalue weighted by molar-refractivity contribution is 0.222. The number of benzene rings is 2. The molecule has 0 spiro atoms. The monoisotopic (exact) mass is 432 g/mol. The fraction of sp³-hybridized carbons (Fsp3) is 0.613. The van der Waals surface area contributed by atoms with Gasteiger partial charge in [-0.05, 0) is 104 Å². The molecule has 2 saturated carbocycles. The Bertz CT molecular complexity index is 774. The normalized spacial score (nSPS) is 26.2. The Hall–Kier alpha value is -1.60. The Labute approximate surface area is 196 Å². The van der Waals surface area contributed by atoms with Gasteiger partial charge in [-0.3, -0.25) is 0 Å². The van der Waals surface area contributed by atoms with E-state index in [1.54, 1.807) is 5.56 Å². The van der Waals surface area contributed by atoms with Crippen molar-refractivity contribution in [1.29, 1.82) is 0 Å². The number of aliphatic hydroxyl groups is 1. The molecule has 0 aliphatic heterocycles. The Balaban J connectivity index is 1.29. The van der Waals surface area contributed by atoms with Crippen LogP contribution in [0.1, 0.15) is 113 Å². The lowest BCUT2D eigenvalue weighted by Crippen LogP contribution is -2.14. The summed E-state index contributed by atoms with van der Waals surface area (Å²) in [7, 11) is 0. The van der Waals surface area contributed by atoms with E-state index in [4.69, 9.17) is 0 Å². The summed E-state index contributed by atoms with van der Waals surface area (Å²) in [6, 6.07) is 18.9. The van der Waals surface area contributed by atoms with E-state index in [-0.39, 0.29) is 0 Å². The number of hydrogen-bond donors (Lipinski definition) is 1. The summed E-state index contributed by atoms with van der Waals surface area (Å²) in [5, 5.41) is 9.18. The van der Waals surface area contributed by atoms with E-state index in [0.29, 0.717) is 12.5 Å². The van der Waals surface area contributed by atoms with Gasteiger partial charge in [0.25, 0.3) is 0 Å². The van der Waals surface area contributed by atoms with Crippen molar-refractivity contribution in [3.05, 3.63) is 59.7 Å². The van der Waals surface area contributed by atoms with Crippen LogP contribution in [0.5, 0.6) is 0 Å². The second-order valence-electron chi connectivity index (χ2n) is 10.7. The fourth-order valence-corrected chi connectivity index (χ4v) is 6.33. The van der Waals surface area contributed by atoms with Crippen LogP contribution in [0.3, 0.4) is 0 Å². The smallest absolute Gasteiger partial charge is 0.0433 e. The van der Waals surface area contributed by atoms with Crippen molar-refractivity contribution in [1.82, 2.24) is 0 Å². The van der Waals surface area contributed by atoms with Crippen LogP contribution in [0, 0.1) is 11.8 Å². The molecule has 0 saturated heterocycles. The van der Waals surface area contributed by atoms with Crippen LogP contribution in [0.25, 0.3) is 11.1 Å². The van der Waals surface area contributed by atoms with Gasteiger partial charge in [-0.25, -0.2) is 0 Å². The maximum Gasteiger partial charge on any atom is 0.0433 e. The zero-order valence-electron chi connectivity index (χ0n) is 20.3. The Morgan fingerprint density at radius 3 is 1.44 bits per heavy atom. The van der Waals surface area contributed by atoms with E-state index >= 15 is 0 Å². The van der Waals surface area contributed by atoms with Crippen molar-refractivity contribution in [2.45, 2.75) is 102 Å². The molecule has 0 aromatic heterocycles. The van der Waals surface area contributed by atoms with Gasteiger partial charge in [-0.2, -0.15) is 0 Å². The highest BCUT2D eigenvalue weighted by atomic mass is 16.3. The molecule has 2 aliphatic rings. The molecule has 174 valence electrons. The molecule has 32 heavy (non-hydrogen) atoms. The third-order valence-corrected chi connectivity index (χ3v) is 8.54. The first-order chi connectivity index (χ1) is 15.8. The SMILES string of the molecule is CCCCCC1CCC(c2ccc(-c3ccc(C4CCC(CCO)CC4)cc3)cc2)CC1. The molecular weight excluding hydrogens is 388 g/mol. The van der Waals surface area contributed by atoms with Crippen molar-refractivity contribution >= 4 is 0 Å². The summed E-state index contributed by atoms with van der Waals surface area (Å²) in [4.78, 5) is 0. The highest BCUT2D eigenvalue weighted by Gasteiger charge is 2.23. The number of rotatable bonds is 9. The molecule has 0 bridgehead atoms. The second kappa shape index (κ2) is 12.0. The first kappa shape index (κ1) is 23.6. The fourth-order valence-electron chi connectivity index (χ4n) is 6.33. The summed E-state index contributed by atoms with van der Waals surface area (Å²) in [5.41, 5.74) is 5.75. The van der Waals surface area contributed by atoms with Gasteiger partial charge < -0.3 is 5.11 Å². The predicted molar refractivity (Wildman–Crippen MR) is 137 cm³/mol. The molecule has 2 aromatic carbocycles. The zero-order valence-corrected chi connectivity index (χ0v) is 20.3. The van der Waals surface area contributed by atoms with E-state index in [1.807, 2.05) is 0 Å². The molecule has 1 N–H and O–H groups in total. The zero-order chi connectivity index (χ0) is 22.2. The van der Waals surface area contributed by atoms with Crippen LogP contribution < -0.4 is 0 Å². The highest BCUT2D eigenvalue weighted by molar-refractivity contribution is 5.64. The molecule has 0 amide bonds. The minimum absolute atomic E-state index is 0.350. The molecule has 2 aromatic rings. The van der Waals surface area contributed by atoms with Crippen LogP contribution in [-0.2, 0) is 0 Å². The summed E-state index contributed by atoms with van der Waals surface area (Å²) in [5.74, 6) is 3.21. The molecule has 0 atom stereocenters. The minimum atomic E-state index is 0.350. The van der Waals surface area contributed by atoms with Gasteiger partial charge in [-0.1, -0.05) is 81.1 Å². The Morgan fingerprint density at radius 1 is 0.594 bits per heavy atom. The van der Waals surface area contributed by atoms with Crippen molar-refractivity contribution in [2.24, 2.45) is 11.8 Å². The quantitative estimate of drug-likeness (QED) is 0.392. The van der Waals surface area contributed by atoms with Crippen molar-refractivity contribution < 1.29 is 5.11 Å². The molecule has 4 rings (SSSR count). The lowest BCUT2D eigenvalue weighted by Gasteiger charge is -2.29. The molecule has 1 heteroatoms. The van der Waals surface area contributed by atoms with Crippen LogP contribution in [-0.4, -0.2) is 11.7 Å². The van der Waals surface area contributed by atoms with Gasteiger partial charge in [0.1, 0.15) is 0 Å². The highest BCUT2D eigenvalue weighted by Crippen LogP contribution is 2.39. The van der Waals surface area contributed by atoms with Crippen LogP contribution in [0.2, 0.25) is 0 Å². The Morgan fingerprint density at radius 2 is 1.03 bits per heavy atom. The summed E-state index contributed by atoms with van der Waals surface area (Å²) >= 11 is 0. The topological polar surface area (TPSA) is 20.2 Å². The van der Waals surface area contributed by atoms with Gasteiger partial charge >= 0.3 is 0 Å². The van der Waals surface area contributed by atoms with Gasteiger partial charge in [0, 0.05) is 6.61 Å². The molecule has 0 radical (unpaired) electrons. The average molecular weight is 433 g/mol. The third kappa shape index (κ3) is 6.25. The summed E-state index contributed by atoms with van der Waals surface area (Å²) < 4.78 is 0. The lowest BCUT2D eigenvalue weighted by atomic mass is 9.76. The maximum absolute atomic E-state index is 9.18. The van der Waals surface area contributed by atoms with Crippen LogP contribution in [0.15, 0.2) is 48.5 Å². The van der Waals surface area contributed by atoms with Crippen LogP contribution in [0.4, 0.5) is 0 Å². The van der Waals surface area contributed by atoms with Crippen molar-refractivity contribution in [3.8, 4) is 11.1 Å². The third-order valence-electron chi connectivity index (χ3n) is 8.54. The first-order valence-electron chi connectivity index (χ1n) is 13.6. The molecule has 0 heterocycles. The predicted octanol–water partition coefficient (Wildman–Crippen LogP) is 8.86. The molecule has 2 aliphatic carbocycles. The van der Waals surface area contributed by atoms with Gasteiger partial charge in [-0.15, -0.1) is 0 Å². The van der Waals surface area contributed by atoms with E-state index < -0.39 is 0 Å². The number of hydrogen-bond acceptors (Lipinski definition) is 1. The van der Waals surface area contributed by atoms with Crippen molar-refractivity contribution in [2.75, 3.05) is 6.61 Å². The minimum Gasteiger partial charge on any atom is -0.396 e. The standard InChI is InChI=1S/C31H44O/c1-2-3-4-5-24-6-10-26(11-7-24)28-14-18-30(19-15-28)31-20-16-29(17-21-31)27-12-8-25(9-13-27)22-23-32/h14-21,24-27,32H,2-13,22-23H2,1H3. The van der Waals surface area contributed by atoms with Gasteiger partial charge in [0.2, 0.25) is 0 Å². The molecule has 0 unspecified atom stereocenters. The number of aliphatic hydroxyl groups excluding tert-OH is 1. The molecule has 2 fully saturated rings. The first-order valence-corrected chi connectivity index (χ1v) is 13.6. The van der Waals surface area contributed by atoms with Crippen molar-refractivity contribution in [3.63, 3.8) is 0 Å². The second-order valence-corrected chi connectivity index (χ2v) is 10.7. The van der Waals surface area contributed by atoms with Gasteiger partial charge in [0.05, 0.1) is 0 Å². The molecule has 1 nitrogen and oxygen atoms in total. The van der Waals surface area contributed by atoms with E-state index in [2.05, 4.69) is 55.5 Å². The summed E-state index contributed by atoms with van der Waals surface area (Å²) in [6.07, 6.45) is 17.4. The van der Waals surface area contributed by atoms with Crippen LogP contribution >= 0.6 is 0 Å². The molecular formula is C31H44O. The van der Waals surface area contributed by atoms with E-state index in [9.17, 15) is 5.11 Å². The number of unbranched alkanes of at least 4 members (excludes halogenated alkanes) is 2. The van der Waals surface area contributed by atoms with E-state index in [0.717, 1.165) is 24.2 Å².